The Morgan fingerprint density at radius 2 is 1.62 bits per heavy atom. The zero-order valence-corrected chi connectivity index (χ0v) is 12.5. The second-order valence-corrected chi connectivity index (χ2v) is 5.38. The monoisotopic (exact) mass is 316 g/mol. The third-order valence-electron chi connectivity index (χ3n) is 3.93. The molecule has 0 fully saturated rings. The van der Waals surface area contributed by atoms with Crippen LogP contribution >= 0.6 is 0 Å². The predicted octanol–water partition coefficient (Wildman–Crippen LogP) is 5.07. The van der Waals surface area contributed by atoms with E-state index in [-0.39, 0.29) is 5.69 Å². The number of para-hydroxylation sites is 1. The summed E-state index contributed by atoms with van der Waals surface area (Å²) in [7, 11) is 0. The molecule has 0 aliphatic rings. The highest BCUT2D eigenvalue weighted by atomic mass is 16.6. The van der Waals surface area contributed by atoms with E-state index in [4.69, 9.17) is 4.52 Å². The van der Waals surface area contributed by atoms with Gasteiger partial charge in [0.15, 0.2) is 5.58 Å². The van der Waals surface area contributed by atoms with Crippen molar-refractivity contribution in [2.45, 2.75) is 0 Å². The number of fused-ring (bicyclic) bond motifs is 1. The van der Waals surface area contributed by atoms with E-state index in [9.17, 15) is 10.1 Å². The highest BCUT2D eigenvalue weighted by Gasteiger charge is 2.18. The number of nitrogens with zero attached hydrogens (tertiary/aromatic N) is 2. The maximum absolute atomic E-state index is 11.2. The lowest BCUT2D eigenvalue weighted by atomic mass is 9.95. The summed E-state index contributed by atoms with van der Waals surface area (Å²) in [6, 6.07) is 21.9. The average Bonchev–Trinajstić information content (AvgIpc) is 3.06. The summed E-state index contributed by atoms with van der Waals surface area (Å²) < 4.78 is 5.39. The molecule has 24 heavy (non-hydrogen) atoms. The maximum Gasteiger partial charge on any atom is 0.270 e. The molecule has 4 rings (SSSR count). The molecule has 0 saturated heterocycles. The van der Waals surface area contributed by atoms with Crippen LogP contribution in [0.4, 0.5) is 5.69 Å². The second-order valence-electron chi connectivity index (χ2n) is 5.38. The summed E-state index contributed by atoms with van der Waals surface area (Å²) in [6.45, 7) is 0. The van der Waals surface area contributed by atoms with Crippen LogP contribution in [0.15, 0.2) is 77.3 Å². The molecule has 0 unspecified atom stereocenters. The largest absolute Gasteiger partial charge is 0.356 e. The van der Waals surface area contributed by atoms with Gasteiger partial charge in [-0.2, -0.15) is 0 Å². The minimum absolute atomic E-state index is 0.0467. The Hall–Kier alpha value is -3.47. The molecule has 0 saturated carbocycles. The summed E-state index contributed by atoms with van der Waals surface area (Å²) in [5, 5.41) is 16.2. The molecular weight excluding hydrogens is 304 g/mol. The van der Waals surface area contributed by atoms with Gasteiger partial charge in [0.2, 0.25) is 0 Å². The van der Waals surface area contributed by atoms with Crippen LogP contribution in [-0.2, 0) is 0 Å². The Bertz CT molecular complexity index is 1040. The molecule has 0 atom stereocenters. The molecule has 5 nitrogen and oxygen atoms in total. The molecule has 116 valence electrons. The Balaban J connectivity index is 2.00. The van der Waals surface area contributed by atoms with Crippen molar-refractivity contribution in [2.24, 2.45) is 0 Å². The molecule has 0 N–H and O–H groups in total. The fraction of sp³-hybridized carbons (Fsp3) is 0. The molecule has 0 spiro atoms. The summed E-state index contributed by atoms with van der Waals surface area (Å²) in [5.74, 6) is 0. The van der Waals surface area contributed by atoms with Gasteiger partial charge in [-0.05, 0) is 29.3 Å². The zero-order chi connectivity index (χ0) is 16.5. The van der Waals surface area contributed by atoms with Crippen LogP contribution in [0.2, 0.25) is 0 Å². The zero-order valence-electron chi connectivity index (χ0n) is 12.5. The van der Waals surface area contributed by atoms with E-state index in [0.717, 1.165) is 22.1 Å². The van der Waals surface area contributed by atoms with Gasteiger partial charge in [0.1, 0.15) is 5.69 Å². The number of hydrogen-bond donors (Lipinski definition) is 0. The molecule has 3 aromatic carbocycles. The van der Waals surface area contributed by atoms with Crippen LogP contribution in [0, 0.1) is 10.1 Å². The Kier molecular flexibility index (Phi) is 3.31. The van der Waals surface area contributed by atoms with Crippen LogP contribution in [0.1, 0.15) is 0 Å². The Morgan fingerprint density at radius 1 is 0.875 bits per heavy atom. The SMILES string of the molecule is O=[N+]([O-])c1ccc(-c2noc3ccccc23)c(-c2ccccc2)c1. The molecule has 1 aromatic heterocycles. The lowest BCUT2D eigenvalue weighted by Gasteiger charge is -2.08. The van der Waals surface area contributed by atoms with E-state index in [1.165, 1.54) is 6.07 Å². The van der Waals surface area contributed by atoms with E-state index >= 15 is 0 Å². The van der Waals surface area contributed by atoms with E-state index in [1.54, 1.807) is 12.1 Å². The van der Waals surface area contributed by atoms with Crippen molar-refractivity contribution in [3.63, 3.8) is 0 Å². The van der Waals surface area contributed by atoms with Crippen molar-refractivity contribution in [1.29, 1.82) is 0 Å². The quantitative estimate of drug-likeness (QED) is 0.391. The molecule has 0 aliphatic carbocycles. The van der Waals surface area contributed by atoms with Crippen molar-refractivity contribution in [3.8, 4) is 22.4 Å². The number of rotatable bonds is 3. The third kappa shape index (κ3) is 2.32. The van der Waals surface area contributed by atoms with Crippen LogP contribution in [0.3, 0.4) is 0 Å². The highest BCUT2D eigenvalue weighted by molar-refractivity contribution is 5.96. The van der Waals surface area contributed by atoms with Crippen LogP contribution < -0.4 is 0 Å². The average molecular weight is 316 g/mol. The van der Waals surface area contributed by atoms with Crippen LogP contribution in [0.25, 0.3) is 33.4 Å². The van der Waals surface area contributed by atoms with E-state index in [2.05, 4.69) is 5.16 Å². The number of nitro benzene ring substituents is 1. The molecule has 5 heteroatoms. The van der Waals surface area contributed by atoms with Crippen molar-refractivity contribution >= 4 is 16.7 Å². The summed E-state index contributed by atoms with van der Waals surface area (Å²) in [5.41, 5.74) is 3.86. The highest BCUT2D eigenvalue weighted by Crippen LogP contribution is 2.37. The fourth-order valence-electron chi connectivity index (χ4n) is 2.79. The van der Waals surface area contributed by atoms with Gasteiger partial charge in [0, 0.05) is 23.1 Å². The summed E-state index contributed by atoms with van der Waals surface area (Å²) in [6.07, 6.45) is 0. The van der Waals surface area contributed by atoms with Gasteiger partial charge < -0.3 is 4.52 Å². The lowest BCUT2D eigenvalue weighted by Crippen LogP contribution is -1.91. The Labute approximate surface area is 137 Å². The van der Waals surface area contributed by atoms with Crippen molar-refractivity contribution < 1.29 is 9.45 Å². The van der Waals surface area contributed by atoms with Crippen LogP contribution in [-0.4, -0.2) is 10.1 Å². The second kappa shape index (κ2) is 5.62. The first-order valence-corrected chi connectivity index (χ1v) is 7.43. The molecule has 0 aliphatic heterocycles. The number of benzene rings is 3. The Morgan fingerprint density at radius 3 is 2.42 bits per heavy atom. The van der Waals surface area contributed by atoms with Gasteiger partial charge in [-0.3, -0.25) is 10.1 Å². The first kappa shape index (κ1) is 14.1. The normalized spacial score (nSPS) is 10.8. The molecular formula is C19H12N2O3. The molecule has 4 aromatic rings. The topological polar surface area (TPSA) is 69.2 Å². The molecule has 0 bridgehead atoms. The molecule has 0 radical (unpaired) electrons. The van der Waals surface area contributed by atoms with Gasteiger partial charge in [-0.25, -0.2) is 0 Å². The predicted molar refractivity (Wildman–Crippen MR) is 91.5 cm³/mol. The van der Waals surface area contributed by atoms with Gasteiger partial charge in [0.05, 0.1) is 4.92 Å². The summed E-state index contributed by atoms with van der Waals surface area (Å²) in [4.78, 5) is 10.8. The first-order chi connectivity index (χ1) is 11.7. The molecule has 1 heterocycles. The van der Waals surface area contributed by atoms with Gasteiger partial charge in [-0.15, -0.1) is 0 Å². The minimum atomic E-state index is -0.392. The smallest absolute Gasteiger partial charge is 0.270 e. The standard InChI is InChI=1S/C19H12N2O3/c22-21(23)14-10-11-15(17(12-14)13-6-2-1-3-7-13)19-16-8-4-5-9-18(16)24-20-19/h1-12H. The number of nitro groups is 1. The van der Waals surface area contributed by atoms with Crippen molar-refractivity contribution in [1.82, 2.24) is 5.16 Å². The van der Waals surface area contributed by atoms with E-state index in [1.807, 2.05) is 54.6 Å². The van der Waals surface area contributed by atoms with Gasteiger partial charge in [0.25, 0.3) is 5.69 Å². The number of non-ortho nitro benzene ring substituents is 1. The third-order valence-corrected chi connectivity index (χ3v) is 3.93. The van der Waals surface area contributed by atoms with E-state index < -0.39 is 4.92 Å². The molecule has 0 amide bonds. The van der Waals surface area contributed by atoms with Crippen molar-refractivity contribution in [3.05, 3.63) is 82.9 Å². The number of aromatic nitrogens is 1. The number of hydrogen-bond acceptors (Lipinski definition) is 4. The minimum Gasteiger partial charge on any atom is -0.356 e. The van der Waals surface area contributed by atoms with Gasteiger partial charge >= 0.3 is 0 Å². The van der Waals surface area contributed by atoms with Gasteiger partial charge in [-0.1, -0.05) is 47.6 Å². The lowest BCUT2D eigenvalue weighted by molar-refractivity contribution is -0.384. The van der Waals surface area contributed by atoms with Crippen LogP contribution in [0.5, 0.6) is 0 Å². The van der Waals surface area contributed by atoms with Crippen molar-refractivity contribution in [2.75, 3.05) is 0 Å². The van der Waals surface area contributed by atoms with E-state index in [0.29, 0.717) is 11.3 Å². The maximum atomic E-state index is 11.2. The summed E-state index contributed by atoms with van der Waals surface area (Å²) >= 11 is 0. The fourth-order valence-corrected chi connectivity index (χ4v) is 2.79. The first-order valence-electron chi connectivity index (χ1n) is 7.43.